The average Bonchev–Trinajstić information content (AvgIpc) is 2.82. The SMILES string of the molecule is O=C(O)c1coc(CNc2cc(F)c(F)c(F)c2)c1. The number of nitrogens with one attached hydrogen (secondary N) is 1. The second-order valence-electron chi connectivity index (χ2n) is 3.71. The number of furan rings is 1. The van der Waals surface area contributed by atoms with Crippen molar-refractivity contribution in [3.63, 3.8) is 0 Å². The minimum Gasteiger partial charge on any atom is -0.478 e. The first-order valence-electron chi connectivity index (χ1n) is 5.16. The first-order valence-corrected chi connectivity index (χ1v) is 5.16. The van der Waals surface area contributed by atoms with Crippen LogP contribution in [0.15, 0.2) is 28.9 Å². The highest BCUT2D eigenvalue weighted by Gasteiger charge is 2.11. The Hall–Kier alpha value is -2.44. The van der Waals surface area contributed by atoms with Crippen LogP contribution < -0.4 is 5.32 Å². The van der Waals surface area contributed by atoms with Crippen molar-refractivity contribution in [1.29, 1.82) is 0 Å². The molecular formula is C12H8F3NO3. The topological polar surface area (TPSA) is 62.5 Å². The average molecular weight is 271 g/mol. The van der Waals surface area contributed by atoms with Gasteiger partial charge in [-0.1, -0.05) is 0 Å². The summed E-state index contributed by atoms with van der Waals surface area (Å²) in [5.41, 5.74) is -0.0158. The van der Waals surface area contributed by atoms with Crippen molar-refractivity contribution in [2.75, 3.05) is 5.32 Å². The Morgan fingerprint density at radius 3 is 2.37 bits per heavy atom. The van der Waals surface area contributed by atoms with Crippen molar-refractivity contribution in [2.45, 2.75) is 6.54 Å². The molecule has 0 fully saturated rings. The van der Waals surface area contributed by atoms with Crippen molar-refractivity contribution < 1.29 is 27.5 Å². The number of rotatable bonds is 4. The van der Waals surface area contributed by atoms with Gasteiger partial charge in [-0.15, -0.1) is 0 Å². The molecule has 2 rings (SSSR count). The number of benzene rings is 1. The van der Waals surface area contributed by atoms with Gasteiger partial charge in [-0.3, -0.25) is 0 Å². The van der Waals surface area contributed by atoms with Gasteiger partial charge < -0.3 is 14.8 Å². The summed E-state index contributed by atoms with van der Waals surface area (Å²) in [5.74, 6) is -5.05. The zero-order valence-corrected chi connectivity index (χ0v) is 9.41. The molecule has 0 spiro atoms. The molecule has 0 aliphatic carbocycles. The quantitative estimate of drug-likeness (QED) is 0.839. The Labute approximate surface area is 105 Å². The van der Waals surface area contributed by atoms with Gasteiger partial charge in [-0.25, -0.2) is 18.0 Å². The third-order valence-corrected chi connectivity index (χ3v) is 2.35. The highest BCUT2D eigenvalue weighted by Crippen LogP contribution is 2.18. The van der Waals surface area contributed by atoms with Gasteiger partial charge in [0, 0.05) is 17.8 Å². The van der Waals surface area contributed by atoms with Crippen LogP contribution >= 0.6 is 0 Å². The van der Waals surface area contributed by atoms with Gasteiger partial charge >= 0.3 is 5.97 Å². The molecule has 0 atom stereocenters. The van der Waals surface area contributed by atoms with Crippen LogP contribution in [0.1, 0.15) is 16.1 Å². The fourth-order valence-corrected chi connectivity index (χ4v) is 1.43. The lowest BCUT2D eigenvalue weighted by molar-refractivity contribution is 0.0696. The standard InChI is InChI=1S/C12H8F3NO3/c13-9-2-7(3-10(14)11(9)15)16-4-8-1-6(5-19-8)12(17)18/h1-3,5,16H,4H2,(H,17,18). The van der Waals surface area contributed by atoms with Crippen LogP contribution in [0.5, 0.6) is 0 Å². The molecule has 1 aromatic heterocycles. The highest BCUT2D eigenvalue weighted by atomic mass is 19.2. The molecule has 0 unspecified atom stereocenters. The highest BCUT2D eigenvalue weighted by molar-refractivity contribution is 5.87. The summed E-state index contributed by atoms with van der Waals surface area (Å²) < 4.78 is 43.5. The molecule has 0 amide bonds. The van der Waals surface area contributed by atoms with Crippen LogP contribution in [0.4, 0.5) is 18.9 Å². The van der Waals surface area contributed by atoms with E-state index in [1.165, 1.54) is 6.07 Å². The van der Waals surface area contributed by atoms with Gasteiger partial charge in [0.05, 0.1) is 12.1 Å². The molecule has 19 heavy (non-hydrogen) atoms. The van der Waals surface area contributed by atoms with E-state index in [1.807, 2.05) is 0 Å². The second kappa shape index (κ2) is 5.05. The molecule has 0 radical (unpaired) electrons. The number of aromatic carboxylic acids is 1. The fraction of sp³-hybridized carbons (Fsp3) is 0.0833. The van der Waals surface area contributed by atoms with Gasteiger partial charge in [-0.05, 0) is 6.07 Å². The molecule has 0 aliphatic rings. The Bertz CT molecular complexity index is 601. The lowest BCUT2D eigenvalue weighted by atomic mass is 10.2. The number of halogens is 3. The number of hydrogen-bond donors (Lipinski definition) is 2. The first-order chi connectivity index (χ1) is 8.97. The van der Waals surface area contributed by atoms with Gasteiger partial charge in [0.2, 0.25) is 0 Å². The maximum Gasteiger partial charge on any atom is 0.338 e. The first kappa shape index (κ1) is 13.0. The predicted molar refractivity (Wildman–Crippen MR) is 59.3 cm³/mol. The molecular weight excluding hydrogens is 263 g/mol. The molecule has 4 nitrogen and oxygen atoms in total. The number of anilines is 1. The Balaban J connectivity index is 2.08. The van der Waals surface area contributed by atoms with E-state index in [0.29, 0.717) is 0 Å². The molecule has 0 saturated heterocycles. The molecule has 7 heteroatoms. The molecule has 100 valence electrons. The Morgan fingerprint density at radius 2 is 1.84 bits per heavy atom. The lowest BCUT2D eigenvalue weighted by Gasteiger charge is -2.05. The van der Waals surface area contributed by atoms with Crippen LogP contribution in [0.3, 0.4) is 0 Å². The predicted octanol–water partition coefficient (Wildman–Crippen LogP) is 3.01. The lowest BCUT2D eigenvalue weighted by Crippen LogP contribution is -2.01. The third kappa shape index (κ3) is 2.87. The number of carboxylic acids is 1. The third-order valence-electron chi connectivity index (χ3n) is 2.35. The molecule has 2 N–H and O–H groups in total. The minimum absolute atomic E-state index is 0.0117. The van der Waals surface area contributed by atoms with Crippen molar-refractivity contribution in [3.05, 3.63) is 53.2 Å². The van der Waals surface area contributed by atoms with Crippen molar-refractivity contribution in [1.82, 2.24) is 0 Å². The maximum atomic E-state index is 12.9. The maximum absolute atomic E-state index is 12.9. The van der Waals surface area contributed by atoms with E-state index >= 15 is 0 Å². The molecule has 0 bridgehead atoms. The summed E-state index contributed by atoms with van der Waals surface area (Å²) in [6.45, 7) is 0.0117. The van der Waals surface area contributed by atoms with E-state index in [4.69, 9.17) is 9.52 Å². The largest absolute Gasteiger partial charge is 0.478 e. The smallest absolute Gasteiger partial charge is 0.338 e. The zero-order chi connectivity index (χ0) is 14.0. The van der Waals surface area contributed by atoms with Crippen LogP contribution in [-0.2, 0) is 6.54 Å². The summed E-state index contributed by atoms with van der Waals surface area (Å²) in [7, 11) is 0. The Morgan fingerprint density at radius 1 is 1.21 bits per heavy atom. The number of carboxylic acid groups (broad SMARTS) is 1. The molecule has 0 aliphatic heterocycles. The van der Waals surface area contributed by atoms with E-state index in [-0.39, 0.29) is 23.6 Å². The van der Waals surface area contributed by atoms with E-state index < -0.39 is 23.4 Å². The van der Waals surface area contributed by atoms with E-state index in [2.05, 4.69) is 5.32 Å². The van der Waals surface area contributed by atoms with Gasteiger partial charge in [0.1, 0.15) is 12.0 Å². The molecule has 0 saturated carbocycles. The monoisotopic (exact) mass is 271 g/mol. The zero-order valence-electron chi connectivity index (χ0n) is 9.41. The van der Waals surface area contributed by atoms with Gasteiger partial charge in [-0.2, -0.15) is 0 Å². The summed E-state index contributed by atoms with van der Waals surface area (Å²) in [6.07, 6.45) is 1.05. The summed E-state index contributed by atoms with van der Waals surface area (Å²) in [6, 6.07) is 2.85. The van der Waals surface area contributed by atoms with Crippen LogP contribution in [0.2, 0.25) is 0 Å². The minimum atomic E-state index is -1.54. The van der Waals surface area contributed by atoms with E-state index in [1.54, 1.807) is 0 Å². The molecule has 1 aromatic carbocycles. The van der Waals surface area contributed by atoms with Crippen LogP contribution in [0, 0.1) is 17.5 Å². The Kier molecular flexibility index (Phi) is 3.46. The molecule has 1 heterocycles. The van der Waals surface area contributed by atoms with Crippen molar-refractivity contribution >= 4 is 11.7 Å². The van der Waals surface area contributed by atoms with Crippen LogP contribution in [-0.4, -0.2) is 11.1 Å². The summed E-state index contributed by atoms with van der Waals surface area (Å²) >= 11 is 0. The van der Waals surface area contributed by atoms with Gasteiger partial charge in [0.15, 0.2) is 17.5 Å². The van der Waals surface area contributed by atoms with E-state index in [9.17, 15) is 18.0 Å². The summed E-state index contributed by atoms with van der Waals surface area (Å²) in [4.78, 5) is 10.6. The van der Waals surface area contributed by atoms with Crippen molar-refractivity contribution in [2.24, 2.45) is 0 Å². The van der Waals surface area contributed by atoms with E-state index in [0.717, 1.165) is 18.4 Å². The van der Waals surface area contributed by atoms with Crippen molar-refractivity contribution in [3.8, 4) is 0 Å². The second-order valence-corrected chi connectivity index (χ2v) is 3.71. The van der Waals surface area contributed by atoms with Crippen LogP contribution in [0.25, 0.3) is 0 Å². The fourth-order valence-electron chi connectivity index (χ4n) is 1.43. The number of hydrogen-bond acceptors (Lipinski definition) is 3. The normalized spacial score (nSPS) is 10.5. The molecule has 2 aromatic rings. The summed E-state index contributed by atoms with van der Waals surface area (Å²) in [5, 5.41) is 11.3. The van der Waals surface area contributed by atoms with Gasteiger partial charge in [0.25, 0.3) is 0 Å². The number of carbonyl (C=O) groups is 1.